The Bertz CT molecular complexity index is 367. The first kappa shape index (κ1) is 13.8. The van der Waals surface area contributed by atoms with Gasteiger partial charge in [0.15, 0.2) is 5.13 Å². The first-order valence-corrected chi connectivity index (χ1v) is 7.95. The van der Waals surface area contributed by atoms with Gasteiger partial charge >= 0.3 is 0 Å². The van der Waals surface area contributed by atoms with Crippen LogP contribution in [0.5, 0.6) is 0 Å². The molecular weight excluding hydrogens is 242 g/mol. The van der Waals surface area contributed by atoms with Crippen LogP contribution in [0.3, 0.4) is 0 Å². The summed E-state index contributed by atoms with van der Waals surface area (Å²) in [5.41, 5.74) is 1.74. The van der Waals surface area contributed by atoms with Crippen LogP contribution in [0, 0.1) is 5.41 Å². The average Bonchev–Trinajstić information content (AvgIpc) is 2.86. The number of piperidine rings is 1. The van der Waals surface area contributed by atoms with Crippen LogP contribution in [0.2, 0.25) is 0 Å². The maximum absolute atomic E-state index is 4.73. The third-order valence-corrected chi connectivity index (χ3v) is 5.14. The molecule has 1 saturated heterocycles. The largest absolute Gasteiger partial charge is 0.348 e. The van der Waals surface area contributed by atoms with Crippen molar-refractivity contribution in [3.63, 3.8) is 0 Å². The van der Waals surface area contributed by atoms with E-state index in [0.717, 1.165) is 13.1 Å². The number of aromatic nitrogens is 1. The van der Waals surface area contributed by atoms with Gasteiger partial charge in [-0.05, 0) is 24.8 Å². The molecule has 1 fully saturated rings. The van der Waals surface area contributed by atoms with Crippen LogP contribution in [-0.4, -0.2) is 24.6 Å². The topological polar surface area (TPSA) is 28.2 Å². The Morgan fingerprint density at radius 2 is 2.11 bits per heavy atom. The minimum Gasteiger partial charge on any atom is -0.348 e. The van der Waals surface area contributed by atoms with Crippen molar-refractivity contribution in [2.75, 3.05) is 24.5 Å². The summed E-state index contributed by atoms with van der Waals surface area (Å²) in [4.78, 5) is 7.18. The van der Waals surface area contributed by atoms with Gasteiger partial charge in [0.2, 0.25) is 0 Å². The van der Waals surface area contributed by atoms with Crippen molar-refractivity contribution in [2.45, 2.75) is 46.6 Å². The van der Waals surface area contributed by atoms with E-state index in [1.165, 1.54) is 43.2 Å². The summed E-state index contributed by atoms with van der Waals surface area (Å²) in [6.45, 7) is 11.1. The third kappa shape index (κ3) is 3.23. The monoisotopic (exact) mass is 267 g/mol. The highest BCUT2D eigenvalue weighted by atomic mass is 32.1. The van der Waals surface area contributed by atoms with E-state index in [9.17, 15) is 0 Å². The summed E-state index contributed by atoms with van der Waals surface area (Å²) < 4.78 is 0. The number of nitrogens with one attached hydrogen (secondary N) is 1. The van der Waals surface area contributed by atoms with Gasteiger partial charge in [-0.2, -0.15) is 0 Å². The standard InChI is InChI=1S/C14H25N3S/c1-4-14(3)6-8-17(9-7-14)13-16-12(11-18-13)10-15-5-2/h11,15H,4-10H2,1-3H3. The molecule has 0 unspecified atom stereocenters. The molecule has 2 heterocycles. The summed E-state index contributed by atoms with van der Waals surface area (Å²) >= 11 is 1.79. The molecule has 4 heteroatoms. The number of anilines is 1. The molecule has 102 valence electrons. The molecule has 1 aliphatic rings. The number of hydrogen-bond acceptors (Lipinski definition) is 4. The molecule has 1 aromatic rings. The molecule has 0 saturated carbocycles. The minimum atomic E-state index is 0.556. The number of nitrogens with zero attached hydrogens (tertiary/aromatic N) is 2. The Balaban J connectivity index is 1.91. The van der Waals surface area contributed by atoms with Gasteiger partial charge in [-0.15, -0.1) is 11.3 Å². The van der Waals surface area contributed by atoms with Crippen molar-refractivity contribution >= 4 is 16.5 Å². The molecule has 1 aromatic heterocycles. The molecule has 0 radical (unpaired) electrons. The Kier molecular flexibility index (Phi) is 4.62. The zero-order valence-electron chi connectivity index (χ0n) is 11.8. The van der Waals surface area contributed by atoms with Gasteiger partial charge in [0.05, 0.1) is 5.69 Å². The lowest BCUT2D eigenvalue weighted by Gasteiger charge is -2.38. The van der Waals surface area contributed by atoms with Gasteiger partial charge in [-0.25, -0.2) is 4.98 Å². The van der Waals surface area contributed by atoms with E-state index >= 15 is 0 Å². The zero-order valence-corrected chi connectivity index (χ0v) is 12.6. The Morgan fingerprint density at radius 3 is 2.72 bits per heavy atom. The molecule has 1 N–H and O–H groups in total. The number of thiazole rings is 1. The zero-order chi connectivity index (χ0) is 13.0. The molecule has 0 spiro atoms. The SMILES string of the molecule is CCNCc1csc(N2CCC(C)(CC)CC2)n1. The molecule has 0 atom stereocenters. The van der Waals surface area contributed by atoms with Crippen molar-refractivity contribution in [3.05, 3.63) is 11.1 Å². The molecule has 18 heavy (non-hydrogen) atoms. The van der Waals surface area contributed by atoms with Crippen LogP contribution < -0.4 is 10.2 Å². The maximum atomic E-state index is 4.73. The lowest BCUT2D eigenvalue weighted by atomic mass is 9.78. The Morgan fingerprint density at radius 1 is 1.39 bits per heavy atom. The van der Waals surface area contributed by atoms with E-state index in [4.69, 9.17) is 4.98 Å². The van der Waals surface area contributed by atoms with Gasteiger partial charge in [0.1, 0.15) is 0 Å². The molecule has 1 aliphatic heterocycles. The maximum Gasteiger partial charge on any atom is 0.185 e. The van der Waals surface area contributed by atoms with Gasteiger partial charge in [-0.3, -0.25) is 0 Å². The van der Waals surface area contributed by atoms with Crippen molar-refractivity contribution in [2.24, 2.45) is 5.41 Å². The van der Waals surface area contributed by atoms with E-state index in [0.29, 0.717) is 5.41 Å². The fraction of sp³-hybridized carbons (Fsp3) is 0.786. The second-order valence-electron chi connectivity index (χ2n) is 5.55. The predicted octanol–water partition coefficient (Wildman–Crippen LogP) is 3.27. The number of rotatable bonds is 5. The highest BCUT2D eigenvalue weighted by Gasteiger charge is 2.29. The quantitative estimate of drug-likeness (QED) is 0.887. The van der Waals surface area contributed by atoms with Gasteiger partial charge in [0.25, 0.3) is 0 Å². The Labute approximate surface area is 115 Å². The molecule has 0 aliphatic carbocycles. The van der Waals surface area contributed by atoms with E-state index in [-0.39, 0.29) is 0 Å². The molecular formula is C14H25N3S. The van der Waals surface area contributed by atoms with Gasteiger partial charge < -0.3 is 10.2 Å². The predicted molar refractivity (Wildman–Crippen MR) is 79.3 cm³/mol. The average molecular weight is 267 g/mol. The first-order chi connectivity index (χ1) is 8.67. The van der Waals surface area contributed by atoms with E-state index in [2.05, 4.69) is 36.4 Å². The summed E-state index contributed by atoms with van der Waals surface area (Å²) in [6, 6.07) is 0. The summed E-state index contributed by atoms with van der Waals surface area (Å²) in [6.07, 6.45) is 3.89. The first-order valence-electron chi connectivity index (χ1n) is 7.07. The fourth-order valence-electron chi connectivity index (χ4n) is 2.37. The fourth-order valence-corrected chi connectivity index (χ4v) is 3.25. The van der Waals surface area contributed by atoms with Crippen LogP contribution in [0.15, 0.2) is 5.38 Å². The van der Waals surface area contributed by atoms with Crippen LogP contribution in [-0.2, 0) is 6.54 Å². The normalized spacial score (nSPS) is 19.2. The smallest absolute Gasteiger partial charge is 0.185 e. The summed E-state index contributed by atoms with van der Waals surface area (Å²) in [7, 11) is 0. The second-order valence-corrected chi connectivity index (χ2v) is 6.39. The van der Waals surface area contributed by atoms with E-state index in [1.807, 2.05) is 0 Å². The molecule has 3 nitrogen and oxygen atoms in total. The van der Waals surface area contributed by atoms with Crippen LogP contribution in [0.1, 0.15) is 45.7 Å². The molecule has 0 bridgehead atoms. The summed E-state index contributed by atoms with van der Waals surface area (Å²) in [5.74, 6) is 0. The molecule has 2 rings (SSSR count). The highest BCUT2D eigenvalue weighted by molar-refractivity contribution is 7.13. The number of hydrogen-bond donors (Lipinski definition) is 1. The highest BCUT2D eigenvalue weighted by Crippen LogP contribution is 2.36. The van der Waals surface area contributed by atoms with E-state index in [1.54, 1.807) is 11.3 Å². The lowest BCUT2D eigenvalue weighted by molar-refractivity contribution is 0.238. The van der Waals surface area contributed by atoms with Crippen molar-refractivity contribution in [1.82, 2.24) is 10.3 Å². The van der Waals surface area contributed by atoms with Crippen molar-refractivity contribution in [1.29, 1.82) is 0 Å². The molecule has 0 aromatic carbocycles. The molecule has 0 amide bonds. The van der Waals surface area contributed by atoms with Crippen LogP contribution >= 0.6 is 11.3 Å². The van der Waals surface area contributed by atoms with Gasteiger partial charge in [-0.1, -0.05) is 27.2 Å². The van der Waals surface area contributed by atoms with Crippen molar-refractivity contribution in [3.8, 4) is 0 Å². The minimum absolute atomic E-state index is 0.556. The second kappa shape index (κ2) is 6.02. The van der Waals surface area contributed by atoms with E-state index < -0.39 is 0 Å². The van der Waals surface area contributed by atoms with Crippen LogP contribution in [0.25, 0.3) is 0 Å². The third-order valence-electron chi connectivity index (χ3n) is 4.19. The van der Waals surface area contributed by atoms with Crippen molar-refractivity contribution < 1.29 is 0 Å². The lowest BCUT2D eigenvalue weighted by Crippen LogP contribution is -2.38. The van der Waals surface area contributed by atoms with Crippen LogP contribution in [0.4, 0.5) is 5.13 Å². The van der Waals surface area contributed by atoms with Gasteiger partial charge in [0, 0.05) is 25.0 Å². The summed E-state index contributed by atoms with van der Waals surface area (Å²) in [5, 5.41) is 6.72. The Hall–Kier alpha value is -0.610.